The summed E-state index contributed by atoms with van der Waals surface area (Å²) in [4.78, 5) is 0. The van der Waals surface area contributed by atoms with Gasteiger partial charge < -0.3 is 6.15 Å². The van der Waals surface area contributed by atoms with E-state index in [1.165, 1.54) is 0 Å². The Morgan fingerprint density at radius 2 is 2.00 bits per heavy atom. The van der Waals surface area contributed by atoms with Gasteiger partial charge in [0.2, 0.25) is 0 Å². The minimum atomic E-state index is -3.78. The van der Waals surface area contributed by atoms with Gasteiger partial charge in [-0.25, -0.2) is 0 Å². The highest BCUT2D eigenvalue weighted by molar-refractivity contribution is 7.85. The van der Waals surface area contributed by atoms with Crippen LogP contribution in [0.25, 0.3) is 0 Å². The van der Waals surface area contributed by atoms with Crippen LogP contribution in [-0.4, -0.2) is 24.5 Å². The molecule has 11 heavy (non-hydrogen) atoms. The molecule has 0 aliphatic rings. The van der Waals surface area contributed by atoms with Crippen molar-refractivity contribution < 1.29 is 13.0 Å². The van der Waals surface area contributed by atoms with Crippen molar-refractivity contribution in [3.8, 4) is 0 Å². The highest BCUT2D eigenvalue weighted by Gasteiger charge is 2.10. The van der Waals surface area contributed by atoms with Crippen LogP contribution in [0.1, 0.15) is 13.3 Å². The Morgan fingerprint density at radius 3 is 2.27 bits per heavy atom. The molecule has 4 nitrogen and oxygen atoms in total. The minimum Gasteiger partial charge on any atom is -0.344 e. The van der Waals surface area contributed by atoms with E-state index >= 15 is 0 Å². The van der Waals surface area contributed by atoms with E-state index in [2.05, 4.69) is 12.6 Å². The van der Waals surface area contributed by atoms with Gasteiger partial charge in [0.05, 0.1) is 5.75 Å². The van der Waals surface area contributed by atoms with Gasteiger partial charge in [0, 0.05) is 0 Å². The highest BCUT2D eigenvalue weighted by Crippen LogP contribution is 2.05. The molecule has 0 aliphatic carbocycles. The second-order valence-corrected chi connectivity index (χ2v) is 4.31. The van der Waals surface area contributed by atoms with Crippen molar-refractivity contribution >= 4 is 22.7 Å². The summed E-state index contributed by atoms with van der Waals surface area (Å²) in [5, 5.41) is 0. The molecule has 0 aliphatic heterocycles. The van der Waals surface area contributed by atoms with Gasteiger partial charge in [0.1, 0.15) is 0 Å². The number of hydrogen-bond donors (Lipinski definition) is 3. The van der Waals surface area contributed by atoms with E-state index in [1.54, 1.807) is 6.92 Å². The third-order valence-electron chi connectivity index (χ3n) is 1.12. The normalized spacial score (nSPS) is 13.7. The molecule has 0 saturated carbocycles. The second kappa shape index (κ2) is 5.82. The molecule has 4 N–H and O–H groups in total. The average Bonchev–Trinajstić information content (AvgIpc) is 1.59. The number of rotatable bonds is 4. The van der Waals surface area contributed by atoms with Crippen LogP contribution >= 0.6 is 12.6 Å². The van der Waals surface area contributed by atoms with Crippen LogP contribution in [0.5, 0.6) is 0 Å². The summed E-state index contributed by atoms with van der Waals surface area (Å²) >= 11 is 3.93. The quantitative estimate of drug-likeness (QED) is 0.467. The summed E-state index contributed by atoms with van der Waals surface area (Å²) in [7, 11) is -3.78. The highest BCUT2D eigenvalue weighted by atomic mass is 32.2. The van der Waals surface area contributed by atoms with Gasteiger partial charge in [-0.1, -0.05) is 6.92 Å². The zero-order valence-corrected chi connectivity index (χ0v) is 8.24. The van der Waals surface area contributed by atoms with Gasteiger partial charge in [0.25, 0.3) is 10.1 Å². The maximum Gasteiger partial charge on any atom is 0.265 e. The standard InChI is InChI=1S/C5H12O3S2.H3N/c1-5(2-3-9)4-10(6,7)8;/h5,9H,2-4H2,1H3,(H,6,7,8);1H3. The lowest BCUT2D eigenvalue weighted by Gasteiger charge is -2.05. The summed E-state index contributed by atoms with van der Waals surface area (Å²) in [6, 6.07) is 0. The van der Waals surface area contributed by atoms with E-state index in [-0.39, 0.29) is 17.8 Å². The second-order valence-electron chi connectivity index (χ2n) is 2.37. The van der Waals surface area contributed by atoms with Gasteiger partial charge in [0.15, 0.2) is 0 Å². The molecule has 0 aromatic carbocycles. The zero-order valence-electron chi connectivity index (χ0n) is 6.52. The monoisotopic (exact) mass is 201 g/mol. The third-order valence-corrected chi connectivity index (χ3v) is 2.37. The molecule has 0 aromatic heterocycles. The SMILES string of the molecule is CC(CCS)CS(=O)(=O)O.N. The van der Waals surface area contributed by atoms with E-state index in [9.17, 15) is 8.42 Å². The van der Waals surface area contributed by atoms with Crippen molar-refractivity contribution in [2.75, 3.05) is 11.5 Å². The molecule has 0 amide bonds. The first-order chi connectivity index (χ1) is 4.45. The molecular weight excluding hydrogens is 186 g/mol. The average molecular weight is 201 g/mol. The topological polar surface area (TPSA) is 89.4 Å². The smallest absolute Gasteiger partial charge is 0.265 e. The predicted molar refractivity (Wildman–Crippen MR) is 49.1 cm³/mol. The Bertz CT molecular complexity index is 178. The van der Waals surface area contributed by atoms with E-state index in [4.69, 9.17) is 4.55 Å². The number of thiol groups is 1. The Hall–Kier alpha value is 0.220. The van der Waals surface area contributed by atoms with Crippen LogP contribution in [0.2, 0.25) is 0 Å². The zero-order chi connectivity index (χ0) is 8.20. The van der Waals surface area contributed by atoms with Crippen molar-refractivity contribution in [3.05, 3.63) is 0 Å². The fourth-order valence-electron chi connectivity index (χ4n) is 0.663. The molecule has 0 fully saturated rings. The van der Waals surface area contributed by atoms with E-state index < -0.39 is 10.1 Å². The lowest BCUT2D eigenvalue weighted by Crippen LogP contribution is -2.12. The van der Waals surface area contributed by atoms with Crippen molar-refractivity contribution in [2.45, 2.75) is 13.3 Å². The van der Waals surface area contributed by atoms with Crippen LogP contribution in [-0.2, 0) is 10.1 Å². The predicted octanol–water partition coefficient (Wildman–Crippen LogP) is 0.992. The van der Waals surface area contributed by atoms with Crippen molar-refractivity contribution in [1.29, 1.82) is 0 Å². The first-order valence-electron chi connectivity index (χ1n) is 3.01. The Balaban J connectivity index is 0. The van der Waals surface area contributed by atoms with Crippen LogP contribution < -0.4 is 6.15 Å². The molecule has 0 heterocycles. The molecule has 0 spiro atoms. The van der Waals surface area contributed by atoms with Gasteiger partial charge in [-0.3, -0.25) is 4.55 Å². The van der Waals surface area contributed by atoms with Gasteiger partial charge in [-0.2, -0.15) is 21.0 Å². The Labute approximate surface area is 73.1 Å². The van der Waals surface area contributed by atoms with Crippen molar-refractivity contribution in [1.82, 2.24) is 6.15 Å². The summed E-state index contributed by atoms with van der Waals surface area (Å²) < 4.78 is 28.9. The fraction of sp³-hybridized carbons (Fsp3) is 1.00. The molecule has 0 aromatic rings. The molecule has 0 bridgehead atoms. The maximum absolute atomic E-state index is 10.2. The summed E-state index contributed by atoms with van der Waals surface area (Å²) in [5.41, 5.74) is 0. The summed E-state index contributed by atoms with van der Waals surface area (Å²) in [5.74, 6) is 0.483. The summed E-state index contributed by atoms with van der Waals surface area (Å²) in [6.07, 6.45) is 0.711. The van der Waals surface area contributed by atoms with Crippen LogP contribution in [0, 0.1) is 5.92 Å². The van der Waals surface area contributed by atoms with Crippen LogP contribution in [0.4, 0.5) is 0 Å². The van der Waals surface area contributed by atoms with E-state index in [1.807, 2.05) is 0 Å². The lowest BCUT2D eigenvalue weighted by atomic mass is 10.2. The first kappa shape index (κ1) is 13.8. The number of hydrogen-bond acceptors (Lipinski definition) is 4. The van der Waals surface area contributed by atoms with Gasteiger partial charge >= 0.3 is 0 Å². The van der Waals surface area contributed by atoms with Crippen molar-refractivity contribution in [3.63, 3.8) is 0 Å². The Kier molecular flexibility index (Phi) is 7.29. The molecule has 70 valence electrons. The van der Waals surface area contributed by atoms with Gasteiger partial charge in [-0.05, 0) is 18.1 Å². The minimum absolute atomic E-state index is 0. The lowest BCUT2D eigenvalue weighted by molar-refractivity contribution is 0.467. The largest absolute Gasteiger partial charge is 0.344 e. The van der Waals surface area contributed by atoms with Crippen LogP contribution in [0.3, 0.4) is 0 Å². The third kappa shape index (κ3) is 10.2. The van der Waals surface area contributed by atoms with Crippen molar-refractivity contribution in [2.24, 2.45) is 5.92 Å². The molecule has 1 unspecified atom stereocenters. The first-order valence-corrected chi connectivity index (χ1v) is 5.26. The van der Waals surface area contributed by atoms with E-state index in [0.717, 1.165) is 0 Å². The van der Waals surface area contributed by atoms with Crippen LogP contribution in [0.15, 0.2) is 0 Å². The van der Waals surface area contributed by atoms with Gasteiger partial charge in [-0.15, -0.1) is 0 Å². The molecular formula is C5H15NO3S2. The molecule has 6 heteroatoms. The molecule has 1 atom stereocenters. The van der Waals surface area contributed by atoms with E-state index in [0.29, 0.717) is 12.2 Å². The maximum atomic E-state index is 10.2. The Morgan fingerprint density at radius 1 is 1.55 bits per heavy atom. The molecule has 0 rings (SSSR count). The molecule has 0 saturated heterocycles. The summed E-state index contributed by atoms with van der Waals surface area (Å²) in [6.45, 7) is 1.77. The fourth-order valence-corrected chi connectivity index (χ4v) is 1.99. The molecule has 0 radical (unpaired) electrons.